The Kier molecular flexibility index (Phi) is 8.89. The van der Waals surface area contributed by atoms with Gasteiger partial charge in [0, 0.05) is 36.0 Å². The maximum atomic E-state index is 13.6. The van der Waals surface area contributed by atoms with Gasteiger partial charge in [-0.2, -0.15) is 0 Å². The standard InChI is InChI=1S/C26H31N5O4/c1-4-14-26(25(33)29-18(2)3)23(22-9-6-5-8-20(22)17-28-31-27)35-24(30-26)19-10-12-21(13-11-19)34-16-7-15-32/h4-6,8-13,18,23,32H,1,7,14-17H2,2-3H3,(H,29,33)/t23-,26-/m1/s1. The Morgan fingerprint density at radius 1 is 1.34 bits per heavy atom. The van der Waals surface area contributed by atoms with E-state index in [0.29, 0.717) is 30.2 Å². The smallest absolute Gasteiger partial charge is 0.252 e. The number of amides is 1. The van der Waals surface area contributed by atoms with Gasteiger partial charge in [-0.1, -0.05) is 35.5 Å². The topological polar surface area (TPSA) is 129 Å². The van der Waals surface area contributed by atoms with Gasteiger partial charge in [-0.3, -0.25) is 4.79 Å². The average Bonchev–Trinajstić information content (AvgIpc) is 3.24. The largest absolute Gasteiger partial charge is 0.494 e. The zero-order chi connectivity index (χ0) is 25.3. The summed E-state index contributed by atoms with van der Waals surface area (Å²) in [5, 5.41) is 15.6. The Balaban J connectivity index is 2.05. The van der Waals surface area contributed by atoms with Gasteiger partial charge in [0.2, 0.25) is 5.90 Å². The van der Waals surface area contributed by atoms with Crippen LogP contribution in [-0.2, 0) is 16.1 Å². The van der Waals surface area contributed by atoms with Crippen molar-refractivity contribution in [3.63, 3.8) is 0 Å². The van der Waals surface area contributed by atoms with Crippen LogP contribution in [-0.4, -0.2) is 41.7 Å². The monoisotopic (exact) mass is 477 g/mol. The molecule has 1 heterocycles. The molecule has 0 aromatic heterocycles. The molecule has 0 fully saturated rings. The van der Waals surface area contributed by atoms with Crippen LogP contribution in [0.15, 0.2) is 71.3 Å². The van der Waals surface area contributed by atoms with Crippen LogP contribution < -0.4 is 10.1 Å². The number of benzene rings is 2. The second-order valence-electron chi connectivity index (χ2n) is 8.50. The molecule has 2 aromatic rings. The van der Waals surface area contributed by atoms with E-state index in [4.69, 9.17) is 25.1 Å². The summed E-state index contributed by atoms with van der Waals surface area (Å²) in [5.41, 5.74) is 9.73. The van der Waals surface area contributed by atoms with Crippen LogP contribution in [0.5, 0.6) is 5.75 Å². The molecule has 1 aliphatic heterocycles. The van der Waals surface area contributed by atoms with Crippen LogP contribution >= 0.6 is 0 Å². The number of aliphatic imine (C=N–C) groups is 1. The van der Waals surface area contributed by atoms with Crippen LogP contribution in [0, 0.1) is 0 Å². The third-order valence-corrected chi connectivity index (χ3v) is 5.55. The molecule has 2 aromatic carbocycles. The normalized spacial score (nSPS) is 18.9. The number of aliphatic hydroxyl groups excluding tert-OH is 1. The van der Waals surface area contributed by atoms with Gasteiger partial charge in [-0.05, 0) is 54.8 Å². The van der Waals surface area contributed by atoms with Crippen LogP contribution in [0.2, 0.25) is 0 Å². The Hall–Kier alpha value is -3.81. The highest BCUT2D eigenvalue weighted by Gasteiger charge is 2.53. The van der Waals surface area contributed by atoms with Crippen molar-refractivity contribution in [2.24, 2.45) is 10.1 Å². The first kappa shape index (κ1) is 25.8. The van der Waals surface area contributed by atoms with Crippen molar-refractivity contribution >= 4 is 11.8 Å². The lowest BCUT2D eigenvalue weighted by atomic mass is 9.82. The summed E-state index contributed by atoms with van der Waals surface area (Å²) >= 11 is 0. The minimum absolute atomic E-state index is 0.0646. The highest BCUT2D eigenvalue weighted by molar-refractivity contribution is 6.01. The number of carbonyl (C=O) groups is 1. The van der Waals surface area contributed by atoms with Gasteiger partial charge in [-0.25, -0.2) is 4.99 Å². The Labute approximate surface area is 205 Å². The number of hydrogen-bond donors (Lipinski definition) is 2. The molecule has 35 heavy (non-hydrogen) atoms. The lowest BCUT2D eigenvalue weighted by Crippen LogP contribution is -2.50. The molecule has 0 aliphatic carbocycles. The van der Waals surface area contributed by atoms with E-state index in [0.717, 1.165) is 11.1 Å². The number of hydrogen-bond acceptors (Lipinski definition) is 6. The minimum Gasteiger partial charge on any atom is -0.494 e. The van der Waals surface area contributed by atoms with Gasteiger partial charge in [0.25, 0.3) is 5.91 Å². The van der Waals surface area contributed by atoms with Crippen molar-refractivity contribution in [2.75, 3.05) is 13.2 Å². The van der Waals surface area contributed by atoms with E-state index < -0.39 is 11.6 Å². The second kappa shape index (κ2) is 12.1. The number of aliphatic hydroxyl groups is 1. The highest BCUT2D eigenvalue weighted by Crippen LogP contribution is 2.44. The third kappa shape index (κ3) is 6.01. The van der Waals surface area contributed by atoms with Crippen molar-refractivity contribution in [1.82, 2.24) is 5.32 Å². The van der Waals surface area contributed by atoms with Crippen LogP contribution in [0.1, 0.15) is 49.5 Å². The van der Waals surface area contributed by atoms with E-state index in [-0.39, 0.29) is 31.5 Å². The lowest BCUT2D eigenvalue weighted by molar-refractivity contribution is -0.129. The number of rotatable bonds is 12. The molecule has 1 aliphatic rings. The van der Waals surface area contributed by atoms with E-state index in [2.05, 4.69) is 21.9 Å². The van der Waals surface area contributed by atoms with E-state index in [1.165, 1.54) is 0 Å². The molecular formula is C26H31N5O4. The maximum Gasteiger partial charge on any atom is 0.252 e. The SMILES string of the molecule is C=CC[C@@]1(C(=O)NC(C)C)N=C(c2ccc(OCCCO)cc2)O[C@@H]1c1ccccc1CN=[N+]=[N-]. The summed E-state index contributed by atoms with van der Waals surface area (Å²) in [5.74, 6) is 0.721. The van der Waals surface area contributed by atoms with E-state index in [9.17, 15) is 4.79 Å². The molecule has 2 N–H and O–H groups in total. The van der Waals surface area contributed by atoms with Gasteiger partial charge in [0.1, 0.15) is 5.75 Å². The molecule has 0 spiro atoms. The van der Waals surface area contributed by atoms with Crippen molar-refractivity contribution in [2.45, 2.75) is 50.9 Å². The average molecular weight is 478 g/mol. The number of ether oxygens (including phenoxy) is 2. The molecule has 9 nitrogen and oxygen atoms in total. The number of azide groups is 1. The van der Waals surface area contributed by atoms with Crippen LogP contribution in [0.3, 0.4) is 0 Å². The third-order valence-electron chi connectivity index (χ3n) is 5.55. The Bertz CT molecular complexity index is 1110. The van der Waals surface area contributed by atoms with Crippen molar-refractivity contribution in [3.05, 3.63) is 88.3 Å². The summed E-state index contributed by atoms with van der Waals surface area (Å²) in [6, 6.07) is 14.6. The number of nitrogens with one attached hydrogen (secondary N) is 1. The zero-order valence-electron chi connectivity index (χ0n) is 20.1. The molecule has 0 unspecified atom stereocenters. The van der Waals surface area contributed by atoms with E-state index in [1.807, 2.05) is 50.2 Å². The van der Waals surface area contributed by atoms with Crippen molar-refractivity contribution in [3.8, 4) is 5.75 Å². The van der Waals surface area contributed by atoms with Gasteiger partial charge < -0.3 is 19.9 Å². The van der Waals surface area contributed by atoms with Crippen molar-refractivity contribution in [1.29, 1.82) is 0 Å². The van der Waals surface area contributed by atoms with Gasteiger partial charge in [-0.15, -0.1) is 6.58 Å². The van der Waals surface area contributed by atoms with E-state index >= 15 is 0 Å². The number of nitrogens with zero attached hydrogens (tertiary/aromatic N) is 4. The molecule has 2 atom stereocenters. The second-order valence-corrected chi connectivity index (χ2v) is 8.50. The quantitative estimate of drug-likeness (QED) is 0.152. The minimum atomic E-state index is -1.29. The lowest BCUT2D eigenvalue weighted by Gasteiger charge is -2.31. The highest BCUT2D eigenvalue weighted by atomic mass is 16.5. The molecular weight excluding hydrogens is 446 g/mol. The summed E-state index contributed by atoms with van der Waals surface area (Å²) < 4.78 is 12.0. The first-order chi connectivity index (χ1) is 16.9. The predicted octanol–water partition coefficient (Wildman–Crippen LogP) is 4.62. The van der Waals surface area contributed by atoms with E-state index in [1.54, 1.807) is 18.2 Å². The Morgan fingerprint density at radius 3 is 2.74 bits per heavy atom. The maximum absolute atomic E-state index is 13.6. The van der Waals surface area contributed by atoms with Gasteiger partial charge in [0.05, 0.1) is 13.2 Å². The molecule has 0 radical (unpaired) electrons. The predicted molar refractivity (Wildman–Crippen MR) is 134 cm³/mol. The summed E-state index contributed by atoms with van der Waals surface area (Å²) in [6.45, 7) is 8.25. The first-order valence-corrected chi connectivity index (χ1v) is 11.6. The summed E-state index contributed by atoms with van der Waals surface area (Å²) in [6.07, 6.45) is 1.71. The molecule has 9 heteroatoms. The fraction of sp³-hybridized carbons (Fsp3) is 0.385. The molecule has 0 saturated heterocycles. The van der Waals surface area contributed by atoms with Crippen LogP contribution in [0.4, 0.5) is 0 Å². The molecule has 184 valence electrons. The van der Waals surface area contributed by atoms with Crippen molar-refractivity contribution < 1.29 is 19.4 Å². The molecule has 3 rings (SSSR count). The fourth-order valence-electron chi connectivity index (χ4n) is 3.94. The fourth-order valence-corrected chi connectivity index (χ4v) is 3.94. The first-order valence-electron chi connectivity index (χ1n) is 11.6. The van der Waals surface area contributed by atoms with Gasteiger partial charge >= 0.3 is 0 Å². The summed E-state index contributed by atoms with van der Waals surface area (Å²) in [7, 11) is 0. The zero-order valence-corrected chi connectivity index (χ0v) is 20.1. The molecule has 1 amide bonds. The number of carbonyl (C=O) groups excluding carboxylic acids is 1. The molecule has 0 saturated carbocycles. The summed E-state index contributed by atoms with van der Waals surface area (Å²) in [4.78, 5) is 21.3. The molecule has 0 bridgehead atoms. The Morgan fingerprint density at radius 2 is 2.09 bits per heavy atom. The van der Waals surface area contributed by atoms with Crippen LogP contribution in [0.25, 0.3) is 10.4 Å². The van der Waals surface area contributed by atoms with Gasteiger partial charge in [0.15, 0.2) is 11.6 Å².